The molecule has 9 heteroatoms. The normalized spacial score (nSPS) is 12.3. The Hall–Kier alpha value is -1.26. The summed E-state index contributed by atoms with van der Waals surface area (Å²) in [5.41, 5.74) is 1.24. The molecule has 0 saturated carbocycles. The van der Waals surface area contributed by atoms with E-state index in [9.17, 15) is 14.6 Å². The van der Waals surface area contributed by atoms with Gasteiger partial charge >= 0.3 is 11.9 Å². The van der Waals surface area contributed by atoms with Gasteiger partial charge in [0.15, 0.2) is 11.6 Å². The molecule has 130 valence electrons. The first-order valence-corrected chi connectivity index (χ1v) is 7.70. The van der Waals surface area contributed by atoms with Crippen molar-refractivity contribution in [3.05, 3.63) is 62.8 Å². The van der Waals surface area contributed by atoms with Crippen molar-refractivity contribution in [2.75, 3.05) is 0 Å². The summed E-state index contributed by atoms with van der Waals surface area (Å²) >= 11 is 9.37. The maximum absolute atomic E-state index is 14.0. The molecule has 6 nitrogen and oxygen atoms in total. The van der Waals surface area contributed by atoms with E-state index in [-0.39, 0.29) is 0 Å². The zero-order chi connectivity index (χ0) is 18.1. The minimum atomic E-state index is -4.00. The fraction of sp³-hybridized carbons (Fsp3) is 0.200. The molecule has 0 spiro atoms. The van der Waals surface area contributed by atoms with Crippen molar-refractivity contribution in [1.29, 1.82) is 0 Å². The zero-order valence-corrected chi connectivity index (χ0v) is 14.3. The van der Waals surface area contributed by atoms with E-state index < -0.39 is 23.5 Å². The van der Waals surface area contributed by atoms with E-state index in [0.29, 0.717) is 17.0 Å². The van der Waals surface area contributed by atoms with E-state index in [1.807, 2.05) is 0 Å². The largest absolute Gasteiger partial charge is 0.430 e. The van der Waals surface area contributed by atoms with Crippen molar-refractivity contribution < 1.29 is 34.7 Å². The van der Waals surface area contributed by atoms with Gasteiger partial charge in [0.25, 0.3) is 0 Å². The molecule has 0 saturated heterocycles. The smallest absolute Gasteiger partial charge is 0.409 e. The van der Waals surface area contributed by atoms with Crippen LogP contribution in [0.25, 0.3) is 0 Å². The minimum absolute atomic E-state index is 0.294. The van der Waals surface area contributed by atoms with Gasteiger partial charge in [-0.1, -0.05) is 33.6 Å². The standard InChI is InChI=1S/C15H13BrClFO6/c16-10-2-3-11(17)9(7-10)5-8-1-4-13(12(18)6-8)24-15(22,23)14(19,20)21/h1-4,6-7,19-23H,5H2. The van der Waals surface area contributed by atoms with Crippen LogP contribution in [-0.2, 0) is 6.42 Å². The molecular weight excluding hydrogens is 411 g/mol. The van der Waals surface area contributed by atoms with E-state index in [2.05, 4.69) is 20.7 Å². The van der Waals surface area contributed by atoms with Crippen molar-refractivity contribution in [3.63, 3.8) is 0 Å². The molecule has 0 aliphatic carbocycles. The number of ether oxygens (including phenoxy) is 1. The van der Waals surface area contributed by atoms with Crippen molar-refractivity contribution >= 4 is 27.5 Å². The molecule has 2 aromatic rings. The van der Waals surface area contributed by atoms with Crippen LogP contribution in [0.3, 0.4) is 0 Å². The Bertz CT molecular complexity index is 747. The Kier molecular flexibility index (Phi) is 5.50. The Morgan fingerprint density at radius 2 is 1.71 bits per heavy atom. The highest BCUT2D eigenvalue weighted by Crippen LogP contribution is 2.28. The summed E-state index contributed by atoms with van der Waals surface area (Å²) in [5.74, 6) is -9.52. The molecule has 2 aromatic carbocycles. The van der Waals surface area contributed by atoms with Crippen LogP contribution < -0.4 is 4.74 Å². The Balaban J connectivity index is 2.23. The minimum Gasteiger partial charge on any atom is -0.430 e. The highest BCUT2D eigenvalue weighted by Gasteiger charge is 2.50. The molecule has 0 atom stereocenters. The second kappa shape index (κ2) is 6.93. The third kappa shape index (κ3) is 4.42. The topological polar surface area (TPSA) is 110 Å². The van der Waals surface area contributed by atoms with E-state index >= 15 is 0 Å². The lowest BCUT2D eigenvalue weighted by Crippen LogP contribution is -2.58. The SMILES string of the molecule is OC(O)(O)C(O)(O)Oc1ccc(Cc2cc(Br)ccc2Cl)cc1F. The lowest BCUT2D eigenvalue weighted by atomic mass is 10.0. The van der Waals surface area contributed by atoms with Gasteiger partial charge < -0.3 is 30.3 Å². The summed E-state index contributed by atoms with van der Waals surface area (Å²) in [7, 11) is 0. The third-order valence-electron chi connectivity index (χ3n) is 3.09. The number of hydrogen-bond donors (Lipinski definition) is 5. The maximum Gasteiger partial charge on any atom is 0.409 e. The lowest BCUT2D eigenvalue weighted by molar-refractivity contribution is -0.502. The highest BCUT2D eigenvalue weighted by molar-refractivity contribution is 9.10. The number of benzene rings is 2. The molecule has 0 fully saturated rings. The Morgan fingerprint density at radius 3 is 2.29 bits per heavy atom. The van der Waals surface area contributed by atoms with Gasteiger partial charge in [0.2, 0.25) is 0 Å². The molecule has 0 amide bonds. The van der Waals surface area contributed by atoms with Gasteiger partial charge in [0, 0.05) is 9.50 Å². The second-order valence-electron chi connectivity index (χ2n) is 5.02. The van der Waals surface area contributed by atoms with Crippen LogP contribution in [0.5, 0.6) is 5.75 Å². The number of rotatable bonds is 5. The Labute approximate surface area is 149 Å². The van der Waals surface area contributed by atoms with Gasteiger partial charge in [-0.05, 0) is 47.9 Å². The fourth-order valence-corrected chi connectivity index (χ4v) is 2.45. The molecule has 0 heterocycles. The van der Waals surface area contributed by atoms with Crippen LogP contribution in [0, 0.1) is 5.82 Å². The first kappa shape index (κ1) is 19.1. The van der Waals surface area contributed by atoms with Gasteiger partial charge in [-0.25, -0.2) is 4.39 Å². The van der Waals surface area contributed by atoms with E-state index in [0.717, 1.165) is 22.2 Å². The van der Waals surface area contributed by atoms with Crippen LogP contribution in [0.2, 0.25) is 5.02 Å². The zero-order valence-electron chi connectivity index (χ0n) is 11.9. The van der Waals surface area contributed by atoms with Crippen LogP contribution in [0.4, 0.5) is 4.39 Å². The van der Waals surface area contributed by atoms with Gasteiger partial charge in [-0.2, -0.15) is 0 Å². The number of hydrogen-bond acceptors (Lipinski definition) is 6. The van der Waals surface area contributed by atoms with Crippen molar-refractivity contribution in [3.8, 4) is 5.75 Å². The monoisotopic (exact) mass is 422 g/mol. The summed E-state index contributed by atoms with van der Waals surface area (Å²) in [4.78, 5) is 0. The lowest BCUT2D eigenvalue weighted by Gasteiger charge is -2.29. The first-order chi connectivity index (χ1) is 11.0. The molecule has 0 unspecified atom stereocenters. The molecule has 5 N–H and O–H groups in total. The van der Waals surface area contributed by atoms with Gasteiger partial charge in [-0.15, -0.1) is 0 Å². The highest BCUT2D eigenvalue weighted by atomic mass is 79.9. The van der Waals surface area contributed by atoms with Crippen molar-refractivity contribution in [2.24, 2.45) is 0 Å². The predicted molar refractivity (Wildman–Crippen MR) is 85.5 cm³/mol. The summed E-state index contributed by atoms with van der Waals surface area (Å²) in [6.45, 7) is 0. The number of halogens is 3. The van der Waals surface area contributed by atoms with Crippen LogP contribution in [0.15, 0.2) is 40.9 Å². The molecular formula is C15H13BrClFO6. The van der Waals surface area contributed by atoms with Crippen molar-refractivity contribution in [1.82, 2.24) is 0 Å². The number of aliphatic hydroxyl groups is 5. The maximum atomic E-state index is 14.0. The van der Waals surface area contributed by atoms with E-state index in [1.54, 1.807) is 18.2 Å². The van der Waals surface area contributed by atoms with E-state index in [4.69, 9.17) is 26.9 Å². The molecule has 0 aliphatic heterocycles. The summed E-state index contributed by atoms with van der Waals surface area (Å²) < 4.78 is 19.1. The quantitative estimate of drug-likeness (QED) is 0.466. The van der Waals surface area contributed by atoms with Gasteiger partial charge in [0.1, 0.15) is 0 Å². The average molecular weight is 424 g/mol. The van der Waals surface area contributed by atoms with Gasteiger partial charge in [-0.3, -0.25) is 0 Å². The van der Waals surface area contributed by atoms with Gasteiger partial charge in [0.05, 0.1) is 0 Å². The fourth-order valence-electron chi connectivity index (χ4n) is 1.86. The third-order valence-corrected chi connectivity index (χ3v) is 3.95. The molecule has 0 bridgehead atoms. The first-order valence-electron chi connectivity index (χ1n) is 6.53. The van der Waals surface area contributed by atoms with Crippen molar-refractivity contribution in [2.45, 2.75) is 18.4 Å². The Morgan fingerprint density at radius 1 is 1.04 bits per heavy atom. The summed E-state index contributed by atoms with van der Waals surface area (Å²) in [5, 5.41) is 45.1. The van der Waals surface area contributed by atoms with Crippen LogP contribution in [0.1, 0.15) is 11.1 Å². The summed E-state index contributed by atoms with van der Waals surface area (Å²) in [6.07, 6.45) is 0.294. The molecule has 2 rings (SSSR count). The van der Waals surface area contributed by atoms with Crippen LogP contribution in [-0.4, -0.2) is 37.5 Å². The average Bonchev–Trinajstić information content (AvgIpc) is 2.44. The molecule has 0 aromatic heterocycles. The molecule has 0 aliphatic rings. The molecule has 0 radical (unpaired) electrons. The predicted octanol–water partition coefficient (Wildman–Crippen LogP) is 1.48. The summed E-state index contributed by atoms with van der Waals surface area (Å²) in [6, 6.07) is 8.73. The van der Waals surface area contributed by atoms with E-state index in [1.165, 1.54) is 6.07 Å². The molecule has 24 heavy (non-hydrogen) atoms. The second-order valence-corrected chi connectivity index (χ2v) is 6.35. The van der Waals surface area contributed by atoms with Crippen LogP contribution >= 0.6 is 27.5 Å².